The number of thioether (sulfide) groups is 1. The summed E-state index contributed by atoms with van der Waals surface area (Å²) in [5.74, 6) is 2.64. The minimum absolute atomic E-state index is 0. The maximum absolute atomic E-state index is 13.7. The summed E-state index contributed by atoms with van der Waals surface area (Å²) in [7, 11) is 1.70. The zero-order valence-corrected chi connectivity index (χ0v) is 15.6. The first-order valence-corrected chi connectivity index (χ1v) is 8.12. The fourth-order valence-electron chi connectivity index (χ4n) is 2.20. The number of nitrogens with zero attached hydrogens (tertiary/aromatic N) is 2. The number of aliphatic imine (C=N–C) groups is 1. The fourth-order valence-corrected chi connectivity index (χ4v) is 3.27. The normalized spacial score (nSPS) is 18.0. The molecule has 22 heavy (non-hydrogen) atoms. The maximum atomic E-state index is 13.7. The number of nitriles is 1. The first-order valence-electron chi connectivity index (χ1n) is 6.96. The Morgan fingerprint density at radius 3 is 3.00 bits per heavy atom. The van der Waals surface area contributed by atoms with Gasteiger partial charge in [0.25, 0.3) is 0 Å². The quantitative estimate of drug-likeness (QED) is 0.437. The number of halogens is 2. The highest BCUT2D eigenvalue weighted by Gasteiger charge is 2.15. The van der Waals surface area contributed by atoms with Gasteiger partial charge in [0, 0.05) is 31.0 Å². The molecule has 2 N–H and O–H groups in total. The molecule has 0 bridgehead atoms. The van der Waals surface area contributed by atoms with Crippen LogP contribution in [0.5, 0.6) is 0 Å². The smallest absolute Gasteiger partial charge is 0.191 e. The standard InChI is InChI=1S/C15H19FN4S.HI/c1-18-15(20-13-3-2-6-21-10-13)19-9-12-7-11(8-17)4-5-14(12)16;/h4-5,7,13H,2-3,6,9-10H2,1H3,(H2,18,19,20);1H. The van der Waals surface area contributed by atoms with Crippen LogP contribution in [0.3, 0.4) is 0 Å². The van der Waals surface area contributed by atoms with Crippen LogP contribution in [0.25, 0.3) is 0 Å². The number of hydrogen-bond donors (Lipinski definition) is 2. The summed E-state index contributed by atoms with van der Waals surface area (Å²) in [6, 6.07) is 6.79. The number of nitrogens with one attached hydrogen (secondary N) is 2. The Morgan fingerprint density at radius 1 is 1.55 bits per heavy atom. The number of guanidine groups is 1. The Balaban J connectivity index is 0.00000242. The van der Waals surface area contributed by atoms with Crippen LogP contribution in [0.2, 0.25) is 0 Å². The molecular weight excluding hydrogens is 414 g/mol. The topological polar surface area (TPSA) is 60.2 Å². The number of hydrogen-bond acceptors (Lipinski definition) is 3. The van der Waals surface area contributed by atoms with Crippen molar-refractivity contribution in [1.82, 2.24) is 10.6 Å². The maximum Gasteiger partial charge on any atom is 0.191 e. The van der Waals surface area contributed by atoms with Crippen LogP contribution in [0.15, 0.2) is 23.2 Å². The third-order valence-electron chi connectivity index (χ3n) is 3.35. The van der Waals surface area contributed by atoms with Gasteiger partial charge in [-0.3, -0.25) is 4.99 Å². The SMILES string of the molecule is CN=C(NCc1cc(C#N)ccc1F)NC1CCCSC1.I. The number of benzene rings is 1. The van der Waals surface area contributed by atoms with Crippen LogP contribution in [0.4, 0.5) is 4.39 Å². The summed E-state index contributed by atoms with van der Waals surface area (Å²) in [6.45, 7) is 0.306. The molecule has 1 unspecified atom stereocenters. The third kappa shape index (κ3) is 5.65. The molecule has 1 fully saturated rings. The summed E-state index contributed by atoms with van der Waals surface area (Å²) in [6.07, 6.45) is 2.34. The molecule has 1 heterocycles. The predicted molar refractivity (Wildman–Crippen MR) is 100 cm³/mol. The molecule has 1 aliphatic heterocycles. The number of rotatable bonds is 3. The molecule has 0 amide bonds. The lowest BCUT2D eigenvalue weighted by Gasteiger charge is -2.24. The molecule has 0 spiro atoms. The van der Waals surface area contributed by atoms with E-state index in [0.717, 1.165) is 12.2 Å². The molecule has 0 radical (unpaired) electrons. The molecule has 1 aromatic rings. The molecule has 0 saturated carbocycles. The summed E-state index contributed by atoms with van der Waals surface area (Å²) >= 11 is 1.94. The van der Waals surface area contributed by atoms with Crippen LogP contribution >= 0.6 is 35.7 Å². The van der Waals surface area contributed by atoms with E-state index in [1.54, 1.807) is 13.1 Å². The molecule has 1 saturated heterocycles. The van der Waals surface area contributed by atoms with Gasteiger partial charge < -0.3 is 10.6 Å². The molecule has 0 aromatic heterocycles. The van der Waals surface area contributed by atoms with Crippen molar-refractivity contribution in [3.63, 3.8) is 0 Å². The van der Waals surface area contributed by atoms with E-state index in [4.69, 9.17) is 5.26 Å². The van der Waals surface area contributed by atoms with E-state index < -0.39 is 0 Å². The molecule has 1 atom stereocenters. The Morgan fingerprint density at radius 2 is 2.36 bits per heavy atom. The van der Waals surface area contributed by atoms with Gasteiger partial charge >= 0.3 is 0 Å². The van der Waals surface area contributed by atoms with Gasteiger partial charge in [-0.25, -0.2) is 4.39 Å². The Labute approximate surface area is 152 Å². The Hall–Kier alpha value is -1.01. The highest BCUT2D eigenvalue weighted by molar-refractivity contribution is 14.0. The highest BCUT2D eigenvalue weighted by Crippen LogP contribution is 2.16. The van der Waals surface area contributed by atoms with Gasteiger partial charge in [-0.05, 0) is 36.8 Å². The van der Waals surface area contributed by atoms with Crippen LogP contribution in [0, 0.1) is 17.1 Å². The summed E-state index contributed by atoms with van der Waals surface area (Å²) in [5.41, 5.74) is 0.926. The highest BCUT2D eigenvalue weighted by atomic mass is 127. The molecule has 2 rings (SSSR count). The zero-order chi connectivity index (χ0) is 15.1. The molecular formula is C15H20FIN4S. The van der Waals surface area contributed by atoms with Crippen LogP contribution in [-0.4, -0.2) is 30.6 Å². The molecule has 1 aromatic carbocycles. The van der Waals surface area contributed by atoms with E-state index >= 15 is 0 Å². The van der Waals surface area contributed by atoms with E-state index in [9.17, 15) is 4.39 Å². The van der Waals surface area contributed by atoms with Gasteiger partial charge in [-0.2, -0.15) is 17.0 Å². The fraction of sp³-hybridized carbons (Fsp3) is 0.467. The summed E-state index contributed by atoms with van der Waals surface area (Å²) in [5, 5.41) is 15.3. The molecule has 120 valence electrons. The monoisotopic (exact) mass is 434 g/mol. The van der Waals surface area contributed by atoms with Gasteiger partial charge in [-0.1, -0.05) is 0 Å². The van der Waals surface area contributed by atoms with Gasteiger partial charge in [0.1, 0.15) is 5.82 Å². The van der Waals surface area contributed by atoms with E-state index in [0.29, 0.717) is 29.7 Å². The van der Waals surface area contributed by atoms with Crippen molar-refractivity contribution in [2.24, 2.45) is 4.99 Å². The lowest BCUT2D eigenvalue weighted by Crippen LogP contribution is -2.45. The minimum atomic E-state index is -0.315. The first-order chi connectivity index (χ1) is 10.2. The molecule has 4 nitrogen and oxygen atoms in total. The minimum Gasteiger partial charge on any atom is -0.353 e. The van der Waals surface area contributed by atoms with Crippen LogP contribution in [-0.2, 0) is 6.54 Å². The average molecular weight is 434 g/mol. The Kier molecular flexibility index (Phi) is 8.56. The largest absolute Gasteiger partial charge is 0.353 e. The van der Waals surface area contributed by atoms with Crippen LogP contribution < -0.4 is 10.6 Å². The van der Waals surface area contributed by atoms with Crippen molar-refractivity contribution in [2.75, 3.05) is 18.6 Å². The summed E-state index contributed by atoms with van der Waals surface area (Å²) in [4.78, 5) is 4.17. The van der Waals surface area contributed by atoms with Crippen LogP contribution in [0.1, 0.15) is 24.0 Å². The van der Waals surface area contributed by atoms with Crippen molar-refractivity contribution in [1.29, 1.82) is 5.26 Å². The zero-order valence-electron chi connectivity index (χ0n) is 12.4. The molecule has 0 aliphatic carbocycles. The lowest BCUT2D eigenvalue weighted by atomic mass is 10.1. The van der Waals surface area contributed by atoms with Crippen molar-refractivity contribution in [2.45, 2.75) is 25.4 Å². The first kappa shape index (κ1) is 19.0. The third-order valence-corrected chi connectivity index (χ3v) is 4.56. The second kappa shape index (κ2) is 9.90. The van der Waals surface area contributed by atoms with Gasteiger partial charge in [0.05, 0.1) is 11.6 Å². The van der Waals surface area contributed by atoms with Gasteiger partial charge in [-0.15, -0.1) is 24.0 Å². The molecule has 1 aliphatic rings. The van der Waals surface area contributed by atoms with E-state index in [2.05, 4.69) is 15.6 Å². The van der Waals surface area contributed by atoms with Gasteiger partial charge in [0.15, 0.2) is 5.96 Å². The second-order valence-electron chi connectivity index (χ2n) is 4.90. The van der Waals surface area contributed by atoms with Crippen molar-refractivity contribution in [3.8, 4) is 6.07 Å². The average Bonchev–Trinajstić information content (AvgIpc) is 2.53. The van der Waals surface area contributed by atoms with E-state index in [1.165, 1.54) is 24.3 Å². The summed E-state index contributed by atoms with van der Waals surface area (Å²) < 4.78 is 13.7. The predicted octanol–water partition coefficient (Wildman–Crippen LogP) is 2.88. The van der Waals surface area contributed by atoms with E-state index in [-0.39, 0.29) is 29.8 Å². The van der Waals surface area contributed by atoms with Crippen molar-refractivity contribution < 1.29 is 4.39 Å². The van der Waals surface area contributed by atoms with Crippen molar-refractivity contribution >= 4 is 41.7 Å². The molecule has 7 heteroatoms. The second-order valence-corrected chi connectivity index (χ2v) is 6.05. The Bertz CT molecular complexity index is 553. The van der Waals surface area contributed by atoms with E-state index in [1.807, 2.05) is 17.8 Å². The van der Waals surface area contributed by atoms with Gasteiger partial charge in [0.2, 0.25) is 0 Å². The lowest BCUT2D eigenvalue weighted by molar-refractivity contribution is 0.576. The van der Waals surface area contributed by atoms with Crippen molar-refractivity contribution in [3.05, 3.63) is 35.1 Å².